The molecule has 0 unspecified atom stereocenters. The summed E-state index contributed by atoms with van der Waals surface area (Å²) in [5.41, 5.74) is 6.72. The highest BCUT2D eigenvalue weighted by Gasteiger charge is 2.27. The summed E-state index contributed by atoms with van der Waals surface area (Å²) in [6.07, 6.45) is 5.03. The third kappa shape index (κ3) is 6.64. The molecule has 8 heteroatoms. The lowest BCUT2D eigenvalue weighted by Gasteiger charge is -2.32. The van der Waals surface area contributed by atoms with Crippen molar-refractivity contribution in [2.45, 2.75) is 71.8 Å². The van der Waals surface area contributed by atoms with Crippen LogP contribution in [0.2, 0.25) is 0 Å². The van der Waals surface area contributed by atoms with Crippen LogP contribution in [0.25, 0.3) is 16.8 Å². The Kier molecular flexibility index (Phi) is 8.67. The van der Waals surface area contributed by atoms with Crippen molar-refractivity contribution in [2.24, 2.45) is 0 Å². The molecule has 5 rings (SSSR count). The Morgan fingerprint density at radius 2 is 1.86 bits per heavy atom. The molecule has 1 aromatic heterocycles. The van der Waals surface area contributed by atoms with Gasteiger partial charge in [-0.15, -0.1) is 0 Å². The fraction of sp³-hybridized carbons (Fsp3) is 0.314. The van der Waals surface area contributed by atoms with Gasteiger partial charge in [0.05, 0.1) is 11.4 Å². The van der Waals surface area contributed by atoms with Gasteiger partial charge in [-0.05, 0) is 86.9 Å². The number of hydrogen-bond acceptors (Lipinski definition) is 5. The van der Waals surface area contributed by atoms with E-state index in [0.717, 1.165) is 77.1 Å². The van der Waals surface area contributed by atoms with Crippen molar-refractivity contribution in [3.05, 3.63) is 111 Å². The van der Waals surface area contributed by atoms with Crippen molar-refractivity contribution < 1.29 is 9.53 Å². The second-order valence-corrected chi connectivity index (χ2v) is 12.0. The summed E-state index contributed by atoms with van der Waals surface area (Å²) >= 11 is 0. The predicted octanol–water partition coefficient (Wildman–Crippen LogP) is 5.91. The number of aromatic nitrogens is 2. The molecule has 7 nitrogen and oxygen atoms in total. The molecule has 0 saturated heterocycles. The molecule has 1 amide bonds. The van der Waals surface area contributed by atoms with Crippen molar-refractivity contribution in [3.63, 3.8) is 0 Å². The van der Waals surface area contributed by atoms with Crippen LogP contribution in [0.5, 0.6) is 5.75 Å². The molecule has 2 heterocycles. The van der Waals surface area contributed by atoms with Gasteiger partial charge in [-0.1, -0.05) is 61.9 Å². The van der Waals surface area contributed by atoms with Crippen molar-refractivity contribution >= 4 is 19.5 Å². The number of fused-ring (bicyclic) bond motifs is 1. The van der Waals surface area contributed by atoms with Crippen LogP contribution in [-0.2, 0) is 19.3 Å². The highest BCUT2D eigenvalue weighted by molar-refractivity contribution is 6.58. The molecule has 0 aliphatic carbocycles. The fourth-order valence-electron chi connectivity index (χ4n) is 5.74. The number of hydrogen-bond donors (Lipinski definition) is 2. The summed E-state index contributed by atoms with van der Waals surface area (Å²) in [6.45, 7) is 8.26. The third-order valence-corrected chi connectivity index (χ3v) is 8.03. The van der Waals surface area contributed by atoms with Crippen LogP contribution in [0, 0.1) is 12.3 Å². The van der Waals surface area contributed by atoms with E-state index in [1.807, 2.05) is 67.6 Å². The maximum absolute atomic E-state index is 14.2. The zero-order valence-corrected chi connectivity index (χ0v) is 25.7. The van der Waals surface area contributed by atoms with E-state index in [0.29, 0.717) is 17.8 Å². The molecule has 4 aromatic rings. The van der Waals surface area contributed by atoms with E-state index in [-0.39, 0.29) is 22.8 Å². The highest BCUT2D eigenvalue weighted by Crippen LogP contribution is 2.34. The molecule has 0 atom stereocenters. The van der Waals surface area contributed by atoms with Gasteiger partial charge < -0.3 is 10.1 Å². The lowest BCUT2D eigenvalue weighted by Crippen LogP contribution is -2.33. The monoisotopic (exact) mass is 574 g/mol. The number of rotatable bonds is 8. The van der Waals surface area contributed by atoms with Crippen LogP contribution in [0.1, 0.15) is 73.8 Å². The summed E-state index contributed by atoms with van der Waals surface area (Å²) in [6, 6.07) is 21.6. The van der Waals surface area contributed by atoms with Gasteiger partial charge in [-0.2, -0.15) is 0 Å². The van der Waals surface area contributed by atoms with Gasteiger partial charge in [0.25, 0.3) is 5.56 Å². The van der Waals surface area contributed by atoms with Gasteiger partial charge in [-0.3, -0.25) is 19.6 Å². The molecular formula is C35H39BN4O3. The molecule has 43 heavy (non-hydrogen) atoms. The van der Waals surface area contributed by atoms with Crippen molar-refractivity contribution in [1.82, 2.24) is 14.9 Å². The molecule has 0 radical (unpaired) electrons. The Morgan fingerprint density at radius 3 is 2.58 bits per heavy atom. The second kappa shape index (κ2) is 12.4. The maximum Gasteiger partial charge on any atom is 0.261 e. The minimum absolute atomic E-state index is 0.0335. The lowest BCUT2D eigenvalue weighted by molar-refractivity contribution is 0.0847. The van der Waals surface area contributed by atoms with Crippen molar-refractivity contribution in [2.75, 3.05) is 0 Å². The Hall–Kier alpha value is -4.46. The number of amidine groups is 1. The number of ether oxygens (including phenoxy) is 1. The number of carbonyl (C=O) groups is 1. The number of benzene rings is 3. The minimum atomic E-state index is -0.279. The topological polar surface area (TPSA) is 97.1 Å². The van der Waals surface area contributed by atoms with Crippen LogP contribution in [-0.4, -0.2) is 34.6 Å². The van der Waals surface area contributed by atoms with Gasteiger partial charge in [0.1, 0.15) is 23.0 Å². The van der Waals surface area contributed by atoms with E-state index < -0.39 is 0 Å². The maximum atomic E-state index is 14.2. The minimum Gasteiger partial charge on any atom is -0.488 e. The first-order valence-corrected chi connectivity index (χ1v) is 15.0. The van der Waals surface area contributed by atoms with Gasteiger partial charge >= 0.3 is 0 Å². The molecule has 3 aromatic carbocycles. The summed E-state index contributed by atoms with van der Waals surface area (Å²) in [7, 11) is 1.40. The van der Waals surface area contributed by atoms with Gasteiger partial charge in [0, 0.05) is 17.5 Å². The number of amides is 1. The molecule has 1 aliphatic rings. The Labute approximate surface area is 254 Å². The van der Waals surface area contributed by atoms with Crippen LogP contribution in [0.4, 0.5) is 4.79 Å². The second-order valence-electron chi connectivity index (χ2n) is 12.0. The molecule has 0 spiro atoms. The van der Waals surface area contributed by atoms with E-state index >= 15 is 0 Å². The molecule has 2 N–H and O–H groups in total. The van der Waals surface area contributed by atoms with Gasteiger partial charge in [0.15, 0.2) is 5.81 Å². The molecule has 0 saturated carbocycles. The SMILES string of the molecule is BC(=O)NC(=N)c1ccccc1-c1ccc(Cc2c(CCCC)nc(C)n(-c3ccc4c(c3)CCC(C)(C)O4)c2=O)cc1. The normalized spacial score (nSPS) is 13.6. The highest BCUT2D eigenvalue weighted by atomic mass is 16.5. The average molecular weight is 575 g/mol. The van der Waals surface area contributed by atoms with Crippen molar-refractivity contribution in [3.8, 4) is 22.6 Å². The van der Waals surface area contributed by atoms with Crippen LogP contribution >= 0.6 is 0 Å². The summed E-state index contributed by atoms with van der Waals surface area (Å²) < 4.78 is 7.92. The summed E-state index contributed by atoms with van der Waals surface area (Å²) in [5.74, 6) is 1.35. The summed E-state index contributed by atoms with van der Waals surface area (Å²) in [5, 5.41) is 10.9. The van der Waals surface area contributed by atoms with Crippen LogP contribution in [0.15, 0.2) is 71.5 Å². The number of carbonyl (C=O) groups excluding carboxylic acids is 1. The number of nitrogens with one attached hydrogen (secondary N) is 2. The first-order valence-electron chi connectivity index (χ1n) is 15.0. The van der Waals surface area contributed by atoms with Crippen LogP contribution in [0.3, 0.4) is 0 Å². The number of aryl methyl sites for hydroxylation is 3. The molecule has 220 valence electrons. The molecule has 0 fully saturated rings. The van der Waals surface area contributed by atoms with E-state index in [4.69, 9.17) is 15.1 Å². The molecular weight excluding hydrogens is 535 g/mol. The zero-order chi connectivity index (χ0) is 30.7. The summed E-state index contributed by atoms with van der Waals surface area (Å²) in [4.78, 5) is 30.7. The molecule has 1 aliphatic heterocycles. The zero-order valence-electron chi connectivity index (χ0n) is 25.7. The average Bonchev–Trinajstić information content (AvgIpc) is 2.97. The quantitative estimate of drug-likeness (QED) is 0.155. The number of unbranched alkanes of at least 4 members (excludes halogenated alkanes) is 1. The fourth-order valence-corrected chi connectivity index (χ4v) is 5.74. The van der Waals surface area contributed by atoms with E-state index in [2.05, 4.69) is 32.2 Å². The Balaban J connectivity index is 1.50. The van der Waals surface area contributed by atoms with Crippen molar-refractivity contribution in [1.29, 1.82) is 5.41 Å². The largest absolute Gasteiger partial charge is 0.488 e. The molecule has 0 bridgehead atoms. The predicted molar refractivity (Wildman–Crippen MR) is 175 cm³/mol. The standard InChI is InChI=1S/C35H39BN4O3/c1-5-6-11-30-29(20-23-12-14-24(15-13-23)27-9-7-8-10-28(27)32(37)39-34(36)42)33(41)40(22(2)38-30)26-16-17-31-25(21-26)18-19-35(3,4)43-31/h7-10,12-17,21H,5-6,11,18-20,36H2,1-4H3,(H2,37,39,42). The van der Waals surface area contributed by atoms with E-state index in [9.17, 15) is 9.59 Å². The van der Waals surface area contributed by atoms with Gasteiger partial charge in [0.2, 0.25) is 7.85 Å². The lowest BCUT2D eigenvalue weighted by atomic mass is 9.94. The first kappa shape index (κ1) is 30.0. The third-order valence-electron chi connectivity index (χ3n) is 8.03. The number of nitrogens with zero attached hydrogens (tertiary/aromatic N) is 2. The Morgan fingerprint density at radius 1 is 1.12 bits per heavy atom. The first-order chi connectivity index (χ1) is 20.6. The Bertz CT molecular complexity index is 1740. The van der Waals surface area contributed by atoms with E-state index in [1.165, 1.54) is 7.85 Å². The van der Waals surface area contributed by atoms with Gasteiger partial charge in [-0.25, -0.2) is 4.98 Å². The van der Waals surface area contributed by atoms with Crippen LogP contribution < -0.4 is 15.6 Å². The van der Waals surface area contributed by atoms with E-state index in [1.54, 1.807) is 4.57 Å². The smallest absolute Gasteiger partial charge is 0.261 e.